The van der Waals surface area contributed by atoms with Gasteiger partial charge in [-0.25, -0.2) is 17.8 Å². The molecule has 35 heavy (non-hydrogen) atoms. The second-order valence-electron chi connectivity index (χ2n) is 9.10. The molecule has 2 aliphatic rings. The van der Waals surface area contributed by atoms with Gasteiger partial charge in [-0.2, -0.15) is 4.31 Å². The third kappa shape index (κ3) is 4.92. The second kappa shape index (κ2) is 9.83. The van der Waals surface area contributed by atoms with Crippen molar-refractivity contribution in [3.05, 3.63) is 53.8 Å². The summed E-state index contributed by atoms with van der Waals surface area (Å²) >= 11 is 1.70. The van der Waals surface area contributed by atoms with Crippen molar-refractivity contribution in [2.24, 2.45) is 5.92 Å². The van der Waals surface area contributed by atoms with Crippen molar-refractivity contribution in [1.82, 2.24) is 14.2 Å². The quantitative estimate of drug-likeness (QED) is 0.517. The van der Waals surface area contributed by atoms with Gasteiger partial charge in [0, 0.05) is 45.2 Å². The number of aromatic nitrogens is 1. The molecule has 2 aromatic carbocycles. The van der Waals surface area contributed by atoms with Crippen LogP contribution >= 0.6 is 11.3 Å². The maximum atomic E-state index is 13.2. The van der Waals surface area contributed by atoms with Crippen LogP contribution < -0.4 is 4.90 Å². The molecule has 0 atom stereocenters. The van der Waals surface area contributed by atoms with Crippen LogP contribution in [0.2, 0.25) is 0 Å². The summed E-state index contributed by atoms with van der Waals surface area (Å²) in [6.45, 7) is 5.50. The van der Waals surface area contributed by atoms with E-state index < -0.39 is 15.8 Å². The number of hydrogen-bond donors (Lipinski definition) is 0. The van der Waals surface area contributed by atoms with E-state index in [1.807, 2.05) is 4.90 Å². The van der Waals surface area contributed by atoms with Crippen molar-refractivity contribution in [2.75, 3.05) is 44.2 Å². The topological polar surface area (TPSA) is 73.8 Å². The van der Waals surface area contributed by atoms with E-state index in [1.54, 1.807) is 11.3 Å². The summed E-state index contributed by atoms with van der Waals surface area (Å²) in [5.41, 5.74) is 2.32. The number of sulfonamides is 1. The minimum absolute atomic E-state index is 0.0839. The molecule has 3 aromatic rings. The highest BCUT2D eigenvalue weighted by atomic mass is 32.2. The van der Waals surface area contributed by atoms with Crippen LogP contribution in [-0.4, -0.2) is 67.8 Å². The Balaban J connectivity index is 1.16. The average molecular weight is 517 g/mol. The molecule has 10 heteroatoms. The van der Waals surface area contributed by atoms with Crippen molar-refractivity contribution in [2.45, 2.75) is 31.1 Å². The lowest BCUT2D eigenvalue weighted by molar-refractivity contribution is -0.137. The van der Waals surface area contributed by atoms with Gasteiger partial charge in [-0.3, -0.25) is 4.79 Å². The number of halogens is 1. The molecule has 0 radical (unpaired) electrons. The maximum absolute atomic E-state index is 13.2. The van der Waals surface area contributed by atoms with Gasteiger partial charge in [-0.1, -0.05) is 24.3 Å². The van der Waals surface area contributed by atoms with Gasteiger partial charge in [-0.15, -0.1) is 0 Å². The maximum Gasteiger partial charge on any atom is 0.243 e. The van der Waals surface area contributed by atoms with Crippen LogP contribution in [0.25, 0.3) is 10.2 Å². The van der Waals surface area contributed by atoms with E-state index in [0.717, 1.165) is 42.3 Å². The van der Waals surface area contributed by atoms with Crippen molar-refractivity contribution in [3.63, 3.8) is 0 Å². The highest BCUT2D eigenvalue weighted by Gasteiger charge is 2.35. The normalized spacial score (nSPS) is 18.3. The Labute approximate surface area is 209 Å². The molecule has 2 aliphatic heterocycles. The fourth-order valence-electron chi connectivity index (χ4n) is 4.79. The van der Waals surface area contributed by atoms with Gasteiger partial charge in [0.1, 0.15) is 5.82 Å². The molecule has 0 N–H and O–H groups in total. The number of carbonyl (C=O) groups excluding carboxylic acids is 1. The molecule has 7 nitrogen and oxygen atoms in total. The lowest BCUT2D eigenvalue weighted by atomic mass is 9.96. The van der Waals surface area contributed by atoms with E-state index in [4.69, 9.17) is 4.98 Å². The molecular weight excluding hydrogens is 487 g/mol. The van der Waals surface area contributed by atoms with Gasteiger partial charge in [0.2, 0.25) is 15.9 Å². The Morgan fingerprint density at radius 3 is 2.37 bits per heavy atom. The molecule has 0 spiro atoms. The van der Waals surface area contributed by atoms with Gasteiger partial charge < -0.3 is 9.80 Å². The van der Waals surface area contributed by atoms with Crippen LogP contribution in [0.1, 0.15) is 25.3 Å². The van der Waals surface area contributed by atoms with Gasteiger partial charge in [-0.05, 0) is 61.2 Å². The molecule has 5 rings (SSSR count). The molecule has 0 saturated carbocycles. The van der Waals surface area contributed by atoms with E-state index in [9.17, 15) is 17.6 Å². The van der Waals surface area contributed by atoms with E-state index in [-0.39, 0.29) is 16.7 Å². The Hall–Kier alpha value is -2.56. The smallest absolute Gasteiger partial charge is 0.243 e. The van der Waals surface area contributed by atoms with E-state index in [2.05, 4.69) is 30.0 Å². The van der Waals surface area contributed by atoms with Crippen LogP contribution in [0.5, 0.6) is 0 Å². The minimum atomic E-state index is -3.68. The monoisotopic (exact) mass is 516 g/mol. The number of carbonyl (C=O) groups is 1. The summed E-state index contributed by atoms with van der Waals surface area (Å²) in [5, 5.41) is 1.000. The summed E-state index contributed by atoms with van der Waals surface area (Å²) in [6.07, 6.45) is 2.00. The van der Waals surface area contributed by atoms with Crippen molar-refractivity contribution >= 4 is 42.6 Å². The molecule has 0 unspecified atom stereocenters. The number of anilines is 1. The van der Waals surface area contributed by atoms with Crippen LogP contribution in [0.3, 0.4) is 0 Å². The largest absolute Gasteiger partial charge is 0.345 e. The summed E-state index contributed by atoms with van der Waals surface area (Å²) in [4.78, 5) is 22.2. The number of rotatable bonds is 5. The van der Waals surface area contributed by atoms with Gasteiger partial charge in [0.25, 0.3) is 0 Å². The number of amides is 1. The van der Waals surface area contributed by atoms with Gasteiger partial charge in [0.15, 0.2) is 5.13 Å². The number of aryl methyl sites for hydroxylation is 1. The fourth-order valence-corrected chi connectivity index (χ4v) is 7.34. The van der Waals surface area contributed by atoms with Crippen molar-refractivity contribution in [1.29, 1.82) is 0 Å². The number of piperazine rings is 1. The summed E-state index contributed by atoms with van der Waals surface area (Å²) < 4.78 is 41.5. The zero-order valence-corrected chi connectivity index (χ0v) is 21.3. The van der Waals surface area contributed by atoms with Crippen LogP contribution in [0, 0.1) is 11.7 Å². The highest BCUT2D eigenvalue weighted by Crippen LogP contribution is 2.31. The first-order valence-electron chi connectivity index (χ1n) is 12.0. The molecule has 0 bridgehead atoms. The van der Waals surface area contributed by atoms with Crippen molar-refractivity contribution < 1.29 is 17.6 Å². The molecule has 0 aliphatic carbocycles. The Morgan fingerprint density at radius 2 is 1.71 bits per heavy atom. The number of benzene rings is 2. The SMILES string of the molecule is CCc1ccc2nc(N3CCN(C(=O)C4CCN(S(=O)(=O)c5ccc(F)cc5)CC4)CC3)sc2c1. The molecular formula is C25H29FN4O3S2. The van der Waals surface area contributed by atoms with Crippen LogP contribution in [0.4, 0.5) is 9.52 Å². The zero-order valence-electron chi connectivity index (χ0n) is 19.7. The van der Waals surface area contributed by atoms with Crippen LogP contribution in [-0.2, 0) is 21.2 Å². The molecule has 3 heterocycles. The number of piperidine rings is 1. The predicted octanol–water partition coefficient (Wildman–Crippen LogP) is 3.75. The third-order valence-electron chi connectivity index (χ3n) is 6.97. The molecule has 2 fully saturated rings. The first-order valence-corrected chi connectivity index (χ1v) is 14.3. The predicted molar refractivity (Wildman–Crippen MR) is 136 cm³/mol. The van der Waals surface area contributed by atoms with E-state index in [0.29, 0.717) is 39.0 Å². The van der Waals surface area contributed by atoms with Gasteiger partial charge in [0.05, 0.1) is 15.1 Å². The Kier molecular flexibility index (Phi) is 6.78. The van der Waals surface area contributed by atoms with Crippen LogP contribution in [0.15, 0.2) is 47.4 Å². The summed E-state index contributed by atoms with van der Waals surface area (Å²) in [6, 6.07) is 11.3. The van der Waals surface area contributed by atoms with Gasteiger partial charge >= 0.3 is 0 Å². The zero-order chi connectivity index (χ0) is 24.6. The summed E-state index contributed by atoms with van der Waals surface area (Å²) in [5.74, 6) is -0.529. The summed E-state index contributed by atoms with van der Waals surface area (Å²) in [7, 11) is -3.68. The first kappa shape index (κ1) is 24.1. The Morgan fingerprint density at radius 1 is 1.03 bits per heavy atom. The lowest BCUT2D eigenvalue weighted by Gasteiger charge is -2.38. The molecule has 1 amide bonds. The minimum Gasteiger partial charge on any atom is -0.345 e. The fraction of sp³-hybridized carbons (Fsp3) is 0.440. The standard InChI is InChI=1S/C25H29FN4O3S2/c1-2-18-3-8-22-23(17-18)34-25(27-22)29-15-13-28(14-16-29)24(31)19-9-11-30(12-10-19)35(32,33)21-6-4-20(26)5-7-21/h3-8,17,19H,2,9-16H2,1H3. The average Bonchev–Trinajstić information content (AvgIpc) is 3.32. The molecule has 1 aromatic heterocycles. The Bertz CT molecular complexity index is 1310. The van der Waals surface area contributed by atoms with Crippen molar-refractivity contribution in [3.8, 4) is 0 Å². The van der Waals surface area contributed by atoms with E-state index >= 15 is 0 Å². The second-order valence-corrected chi connectivity index (χ2v) is 12.0. The van der Waals surface area contributed by atoms with E-state index in [1.165, 1.54) is 26.7 Å². The number of hydrogen-bond acceptors (Lipinski definition) is 6. The highest BCUT2D eigenvalue weighted by molar-refractivity contribution is 7.89. The number of fused-ring (bicyclic) bond motifs is 1. The first-order chi connectivity index (χ1) is 16.8. The number of thiazole rings is 1. The third-order valence-corrected chi connectivity index (χ3v) is 9.96. The lowest BCUT2D eigenvalue weighted by Crippen LogP contribution is -2.52. The molecule has 2 saturated heterocycles. The molecule has 186 valence electrons. The number of nitrogens with zero attached hydrogens (tertiary/aromatic N) is 4.